The summed E-state index contributed by atoms with van der Waals surface area (Å²) in [6.07, 6.45) is -0.699. The van der Waals surface area contributed by atoms with Crippen LogP contribution in [-0.4, -0.2) is 22.8 Å². The highest BCUT2D eigenvalue weighted by molar-refractivity contribution is 5.68. The molecule has 2 N–H and O–H groups in total. The highest BCUT2D eigenvalue weighted by atomic mass is 16.5. The Bertz CT molecular complexity index is 534. The lowest BCUT2D eigenvalue weighted by molar-refractivity contribution is -0.139. The van der Waals surface area contributed by atoms with Gasteiger partial charge in [0.05, 0.1) is 0 Å². The van der Waals surface area contributed by atoms with Crippen LogP contribution >= 0.6 is 0 Å². The summed E-state index contributed by atoms with van der Waals surface area (Å²) in [6, 6.07) is 16.0. The molecular weight excluding hydrogens is 244 g/mol. The van der Waals surface area contributed by atoms with E-state index in [0.717, 1.165) is 11.1 Å². The van der Waals surface area contributed by atoms with Gasteiger partial charge in [0.2, 0.25) is 0 Å². The molecule has 0 heterocycles. The molecule has 0 radical (unpaired) electrons. The SMILES string of the molecule is O=C(O)COc1ccc(C(O)c2ccccc2)cc1. The average Bonchev–Trinajstić information content (AvgIpc) is 2.46. The van der Waals surface area contributed by atoms with Gasteiger partial charge in [-0.1, -0.05) is 42.5 Å². The number of rotatable bonds is 5. The smallest absolute Gasteiger partial charge is 0.341 e. The zero-order chi connectivity index (χ0) is 13.7. The summed E-state index contributed by atoms with van der Waals surface area (Å²) in [4.78, 5) is 10.4. The van der Waals surface area contributed by atoms with Gasteiger partial charge in [-0.25, -0.2) is 4.79 Å². The van der Waals surface area contributed by atoms with Crippen molar-refractivity contribution in [2.45, 2.75) is 6.10 Å². The summed E-state index contributed by atoms with van der Waals surface area (Å²) in [7, 11) is 0. The first kappa shape index (κ1) is 13.1. The van der Waals surface area contributed by atoms with Crippen LogP contribution in [0.25, 0.3) is 0 Å². The number of hydrogen-bond acceptors (Lipinski definition) is 3. The van der Waals surface area contributed by atoms with Crippen LogP contribution in [0.5, 0.6) is 5.75 Å². The van der Waals surface area contributed by atoms with E-state index in [9.17, 15) is 9.90 Å². The Labute approximate surface area is 110 Å². The standard InChI is InChI=1S/C15H14O4/c16-14(17)10-19-13-8-6-12(7-9-13)15(18)11-4-2-1-3-5-11/h1-9,15,18H,10H2,(H,16,17). The Kier molecular flexibility index (Phi) is 4.15. The van der Waals surface area contributed by atoms with E-state index in [4.69, 9.17) is 9.84 Å². The quantitative estimate of drug-likeness (QED) is 0.863. The lowest BCUT2D eigenvalue weighted by atomic mass is 10.0. The van der Waals surface area contributed by atoms with Crippen molar-refractivity contribution in [2.24, 2.45) is 0 Å². The van der Waals surface area contributed by atoms with Crippen molar-refractivity contribution >= 4 is 5.97 Å². The van der Waals surface area contributed by atoms with Gasteiger partial charge >= 0.3 is 5.97 Å². The third kappa shape index (κ3) is 3.56. The van der Waals surface area contributed by atoms with Crippen LogP contribution in [0.1, 0.15) is 17.2 Å². The normalized spacial score (nSPS) is 11.8. The van der Waals surface area contributed by atoms with Gasteiger partial charge in [0.25, 0.3) is 0 Å². The van der Waals surface area contributed by atoms with Gasteiger partial charge in [0.1, 0.15) is 11.9 Å². The van der Waals surface area contributed by atoms with E-state index in [1.807, 2.05) is 30.3 Å². The van der Waals surface area contributed by atoms with Crippen LogP contribution in [0.4, 0.5) is 0 Å². The maximum Gasteiger partial charge on any atom is 0.341 e. The number of ether oxygens (including phenoxy) is 1. The van der Waals surface area contributed by atoms with Gasteiger partial charge in [-0.2, -0.15) is 0 Å². The Morgan fingerprint density at radius 2 is 1.58 bits per heavy atom. The number of aliphatic hydroxyl groups excluding tert-OH is 1. The minimum Gasteiger partial charge on any atom is -0.482 e. The van der Waals surface area contributed by atoms with Crippen LogP contribution < -0.4 is 4.74 Å². The lowest BCUT2D eigenvalue weighted by Crippen LogP contribution is -2.09. The highest BCUT2D eigenvalue weighted by Gasteiger charge is 2.09. The Balaban J connectivity index is 2.08. The Morgan fingerprint density at radius 3 is 2.16 bits per heavy atom. The number of aliphatic hydroxyl groups is 1. The van der Waals surface area contributed by atoms with Crippen molar-refractivity contribution in [2.75, 3.05) is 6.61 Å². The van der Waals surface area contributed by atoms with E-state index in [2.05, 4.69) is 0 Å². The third-order valence-electron chi connectivity index (χ3n) is 2.67. The summed E-state index contributed by atoms with van der Waals surface area (Å²) in [5.74, 6) is -0.556. The fraction of sp³-hybridized carbons (Fsp3) is 0.133. The molecule has 19 heavy (non-hydrogen) atoms. The Hall–Kier alpha value is -2.33. The predicted molar refractivity (Wildman–Crippen MR) is 70.1 cm³/mol. The molecule has 1 unspecified atom stereocenters. The first-order chi connectivity index (χ1) is 9.16. The molecule has 2 rings (SSSR count). The molecule has 0 spiro atoms. The van der Waals surface area contributed by atoms with E-state index in [1.165, 1.54) is 0 Å². The number of benzene rings is 2. The van der Waals surface area contributed by atoms with Crippen LogP contribution in [0.3, 0.4) is 0 Å². The van der Waals surface area contributed by atoms with Crippen LogP contribution in [-0.2, 0) is 4.79 Å². The molecule has 0 aliphatic carbocycles. The van der Waals surface area contributed by atoms with Crippen LogP contribution in [0.15, 0.2) is 54.6 Å². The summed E-state index contributed by atoms with van der Waals surface area (Å²) in [5, 5.41) is 18.7. The minimum absolute atomic E-state index is 0.374. The zero-order valence-corrected chi connectivity index (χ0v) is 10.2. The van der Waals surface area contributed by atoms with E-state index in [1.54, 1.807) is 24.3 Å². The van der Waals surface area contributed by atoms with Gasteiger partial charge in [-0.05, 0) is 23.3 Å². The minimum atomic E-state index is -1.02. The van der Waals surface area contributed by atoms with Crippen molar-refractivity contribution in [3.05, 3.63) is 65.7 Å². The van der Waals surface area contributed by atoms with Gasteiger partial charge in [-0.3, -0.25) is 0 Å². The summed E-state index contributed by atoms with van der Waals surface area (Å²) < 4.78 is 5.03. The molecule has 0 saturated heterocycles. The summed E-state index contributed by atoms with van der Waals surface area (Å²) in [5.41, 5.74) is 1.54. The van der Waals surface area contributed by atoms with E-state index >= 15 is 0 Å². The van der Waals surface area contributed by atoms with E-state index in [-0.39, 0.29) is 6.61 Å². The fourth-order valence-electron chi connectivity index (χ4n) is 1.72. The number of aliphatic carboxylic acids is 1. The first-order valence-electron chi connectivity index (χ1n) is 5.84. The molecule has 0 aliphatic heterocycles. The van der Waals surface area contributed by atoms with Crippen LogP contribution in [0, 0.1) is 0 Å². The van der Waals surface area contributed by atoms with E-state index < -0.39 is 12.1 Å². The second kappa shape index (κ2) is 6.02. The molecule has 0 aromatic heterocycles. The molecule has 0 bridgehead atoms. The largest absolute Gasteiger partial charge is 0.482 e. The number of carboxylic acids is 1. The van der Waals surface area contributed by atoms with Crippen molar-refractivity contribution in [1.29, 1.82) is 0 Å². The second-order valence-electron chi connectivity index (χ2n) is 4.06. The molecular formula is C15H14O4. The first-order valence-corrected chi connectivity index (χ1v) is 5.84. The molecule has 0 aliphatic rings. The molecule has 2 aromatic rings. The predicted octanol–water partition coefficient (Wildman–Crippen LogP) is 2.23. The zero-order valence-electron chi connectivity index (χ0n) is 10.2. The van der Waals surface area contributed by atoms with Crippen LogP contribution in [0.2, 0.25) is 0 Å². The maximum atomic E-state index is 10.4. The molecule has 0 saturated carbocycles. The topological polar surface area (TPSA) is 66.8 Å². The maximum absolute atomic E-state index is 10.4. The van der Waals surface area contributed by atoms with Crippen molar-refractivity contribution in [3.63, 3.8) is 0 Å². The molecule has 4 nitrogen and oxygen atoms in total. The molecule has 0 amide bonds. The molecule has 0 fully saturated rings. The second-order valence-corrected chi connectivity index (χ2v) is 4.06. The van der Waals surface area contributed by atoms with Gasteiger partial charge in [0, 0.05) is 0 Å². The third-order valence-corrected chi connectivity index (χ3v) is 2.67. The molecule has 98 valence electrons. The van der Waals surface area contributed by atoms with Crippen molar-refractivity contribution < 1.29 is 19.7 Å². The molecule has 1 atom stereocenters. The summed E-state index contributed by atoms with van der Waals surface area (Å²) >= 11 is 0. The molecule has 2 aromatic carbocycles. The lowest BCUT2D eigenvalue weighted by Gasteiger charge is -2.12. The average molecular weight is 258 g/mol. The Morgan fingerprint density at radius 1 is 1.00 bits per heavy atom. The van der Waals surface area contributed by atoms with Gasteiger partial charge < -0.3 is 14.9 Å². The number of hydrogen-bond donors (Lipinski definition) is 2. The van der Waals surface area contributed by atoms with Gasteiger partial charge in [0.15, 0.2) is 6.61 Å². The monoisotopic (exact) mass is 258 g/mol. The highest BCUT2D eigenvalue weighted by Crippen LogP contribution is 2.23. The number of carboxylic acid groups (broad SMARTS) is 1. The molecule has 4 heteroatoms. The number of carbonyl (C=O) groups is 1. The van der Waals surface area contributed by atoms with Crippen molar-refractivity contribution in [3.8, 4) is 5.75 Å². The fourth-order valence-corrected chi connectivity index (χ4v) is 1.72. The summed E-state index contributed by atoms with van der Waals surface area (Å²) in [6.45, 7) is -0.374. The van der Waals surface area contributed by atoms with E-state index in [0.29, 0.717) is 5.75 Å². The van der Waals surface area contributed by atoms with Gasteiger partial charge in [-0.15, -0.1) is 0 Å². The van der Waals surface area contributed by atoms with Crippen molar-refractivity contribution in [1.82, 2.24) is 0 Å².